The number of hydrogen-bond donors (Lipinski definition) is 1. The lowest BCUT2D eigenvalue weighted by Gasteiger charge is -2.16. The van der Waals surface area contributed by atoms with Crippen molar-refractivity contribution in [3.05, 3.63) is 30.0 Å². The number of aromatic nitrogens is 3. The van der Waals surface area contributed by atoms with E-state index in [0.29, 0.717) is 11.7 Å². The molecule has 3 rings (SSSR count). The molecule has 0 spiro atoms. The highest BCUT2D eigenvalue weighted by Gasteiger charge is 2.20. The first kappa shape index (κ1) is 13.1. The summed E-state index contributed by atoms with van der Waals surface area (Å²) in [6, 6.07) is 0.303. The highest BCUT2D eigenvalue weighted by atomic mass is 16.2. The third-order valence-electron chi connectivity index (χ3n) is 4.01. The Morgan fingerprint density at radius 2 is 2.05 bits per heavy atom. The average Bonchev–Trinajstić information content (AvgIpc) is 2.60. The molecule has 1 fully saturated rings. The second-order valence-corrected chi connectivity index (χ2v) is 5.51. The number of imidazole rings is 1. The van der Waals surface area contributed by atoms with Gasteiger partial charge in [0.2, 0.25) is 0 Å². The molecule has 2 aromatic heterocycles. The zero-order valence-electron chi connectivity index (χ0n) is 11.8. The lowest BCUT2D eigenvalue weighted by Crippen LogP contribution is -2.35. The fourth-order valence-corrected chi connectivity index (χ4v) is 2.98. The van der Waals surface area contributed by atoms with Gasteiger partial charge in [-0.1, -0.05) is 25.7 Å². The Labute approximate surface area is 118 Å². The minimum atomic E-state index is -0.0203. The number of carbonyl (C=O) groups is 1. The Balaban J connectivity index is 1.83. The van der Waals surface area contributed by atoms with Crippen LogP contribution in [0.1, 0.15) is 54.7 Å². The Bertz CT molecular complexity index is 611. The van der Waals surface area contributed by atoms with E-state index in [1.54, 1.807) is 18.6 Å². The second kappa shape index (κ2) is 5.61. The van der Waals surface area contributed by atoms with Gasteiger partial charge in [0.05, 0.1) is 11.9 Å². The molecule has 2 heterocycles. The number of aryl methyl sites for hydroxylation is 1. The molecule has 2 aromatic rings. The molecule has 0 unspecified atom stereocenters. The predicted molar refractivity (Wildman–Crippen MR) is 76.7 cm³/mol. The molecule has 1 aliphatic carbocycles. The number of amides is 1. The summed E-state index contributed by atoms with van der Waals surface area (Å²) < 4.78 is 1.81. The summed E-state index contributed by atoms with van der Waals surface area (Å²) in [6.07, 6.45) is 12.3. The molecule has 0 saturated heterocycles. The summed E-state index contributed by atoms with van der Waals surface area (Å²) in [5.74, 6) is -0.0203. The second-order valence-electron chi connectivity index (χ2n) is 5.51. The van der Waals surface area contributed by atoms with Crippen LogP contribution in [0.3, 0.4) is 0 Å². The normalized spacial score (nSPS) is 17.1. The van der Waals surface area contributed by atoms with Crippen LogP contribution in [-0.4, -0.2) is 26.3 Å². The summed E-state index contributed by atoms with van der Waals surface area (Å²) >= 11 is 0. The van der Waals surface area contributed by atoms with Gasteiger partial charge < -0.3 is 5.32 Å². The molecule has 5 heteroatoms. The van der Waals surface area contributed by atoms with Crippen molar-refractivity contribution in [1.82, 2.24) is 19.7 Å². The minimum Gasteiger partial charge on any atom is -0.348 e. The number of nitrogens with zero attached hydrogens (tertiary/aromatic N) is 3. The Hall–Kier alpha value is -1.91. The molecule has 1 N–H and O–H groups in total. The molecule has 1 saturated carbocycles. The van der Waals surface area contributed by atoms with Gasteiger partial charge in [-0.25, -0.2) is 4.98 Å². The molecular formula is C15H20N4O. The third kappa shape index (κ3) is 2.53. The molecule has 0 aromatic carbocycles. The fraction of sp³-hybridized carbons (Fsp3) is 0.533. The quantitative estimate of drug-likeness (QED) is 0.854. The van der Waals surface area contributed by atoms with E-state index in [1.807, 2.05) is 11.3 Å². The molecule has 5 nitrogen and oxygen atoms in total. The SMILES string of the molecule is Cc1nc2cnccn2c1C(=O)NC1CCCCCC1. The Morgan fingerprint density at radius 1 is 1.30 bits per heavy atom. The lowest BCUT2D eigenvalue weighted by atomic mass is 10.1. The highest BCUT2D eigenvalue weighted by Crippen LogP contribution is 2.18. The van der Waals surface area contributed by atoms with Gasteiger partial charge in [-0.05, 0) is 19.8 Å². The largest absolute Gasteiger partial charge is 0.348 e. The lowest BCUT2D eigenvalue weighted by molar-refractivity contribution is 0.0926. The van der Waals surface area contributed by atoms with Crippen molar-refractivity contribution < 1.29 is 4.79 Å². The first-order valence-corrected chi connectivity index (χ1v) is 7.35. The summed E-state index contributed by atoms with van der Waals surface area (Å²) in [5.41, 5.74) is 2.10. The van der Waals surface area contributed by atoms with Crippen LogP contribution < -0.4 is 5.32 Å². The van der Waals surface area contributed by atoms with Crippen LogP contribution in [0.25, 0.3) is 5.65 Å². The van der Waals surface area contributed by atoms with Gasteiger partial charge in [0, 0.05) is 18.4 Å². The van der Waals surface area contributed by atoms with E-state index in [0.717, 1.165) is 24.2 Å². The van der Waals surface area contributed by atoms with Crippen molar-refractivity contribution >= 4 is 11.6 Å². The van der Waals surface area contributed by atoms with Gasteiger partial charge >= 0.3 is 0 Å². The topological polar surface area (TPSA) is 59.3 Å². The van der Waals surface area contributed by atoms with Crippen molar-refractivity contribution in [2.45, 2.75) is 51.5 Å². The van der Waals surface area contributed by atoms with Crippen LogP contribution in [-0.2, 0) is 0 Å². The molecule has 0 bridgehead atoms. The smallest absolute Gasteiger partial charge is 0.270 e. The van der Waals surface area contributed by atoms with E-state index in [2.05, 4.69) is 15.3 Å². The van der Waals surface area contributed by atoms with Gasteiger partial charge in [0.25, 0.3) is 5.91 Å². The van der Waals surface area contributed by atoms with Gasteiger partial charge in [0.15, 0.2) is 5.65 Å². The van der Waals surface area contributed by atoms with E-state index >= 15 is 0 Å². The fourth-order valence-electron chi connectivity index (χ4n) is 2.98. The van der Waals surface area contributed by atoms with Crippen molar-refractivity contribution in [1.29, 1.82) is 0 Å². The molecule has 20 heavy (non-hydrogen) atoms. The van der Waals surface area contributed by atoms with Crippen LogP contribution in [0.5, 0.6) is 0 Å². The predicted octanol–water partition coefficient (Wildman–Crippen LogP) is 2.49. The van der Waals surface area contributed by atoms with Gasteiger partial charge in [-0.2, -0.15) is 0 Å². The maximum Gasteiger partial charge on any atom is 0.270 e. The summed E-state index contributed by atoms with van der Waals surface area (Å²) in [5, 5.41) is 3.17. The maximum absolute atomic E-state index is 12.5. The summed E-state index contributed by atoms with van der Waals surface area (Å²) in [4.78, 5) is 21.0. The number of carbonyl (C=O) groups excluding carboxylic acids is 1. The average molecular weight is 272 g/mol. The zero-order valence-corrected chi connectivity index (χ0v) is 11.8. The summed E-state index contributed by atoms with van der Waals surface area (Å²) in [7, 11) is 0. The van der Waals surface area contributed by atoms with Crippen LogP contribution in [0, 0.1) is 6.92 Å². The molecule has 1 amide bonds. The van der Waals surface area contributed by atoms with Crippen LogP contribution in [0.2, 0.25) is 0 Å². The molecule has 0 atom stereocenters. The van der Waals surface area contributed by atoms with Gasteiger partial charge in [-0.3, -0.25) is 14.2 Å². The van der Waals surface area contributed by atoms with E-state index in [9.17, 15) is 4.79 Å². The van der Waals surface area contributed by atoms with Crippen molar-refractivity contribution in [2.75, 3.05) is 0 Å². The van der Waals surface area contributed by atoms with Gasteiger partial charge in [0.1, 0.15) is 5.69 Å². The van der Waals surface area contributed by atoms with E-state index in [1.165, 1.54) is 25.7 Å². The number of rotatable bonds is 2. The van der Waals surface area contributed by atoms with Gasteiger partial charge in [-0.15, -0.1) is 0 Å². The van der Waals surface area contributed by atoms with E-state index < -0.39 is 0 Å². The number of hydrogen-bond acceptors (Lipinski definition) is 3. The summed E-state index contributed by atoms with van der Waals surface area (Å²) in [6.45, 7) is 1.87. The highest BCUT2D eigenvalue weighted by molar-refractivity contribution is 5.94. The first-order chi connectivity index (χ1) is 9.75. The van der Waals surface area contributed by atoms with Crippen molar-refractivity contribution in [2.24, 2.45) is 0 Å². The molecular weight excluding hydrogens is 252 g/mol. The number of nitrogens with one attached hydrogen (secondary N) is 1. The van der Waals surface area contributed by atoms with E-state index in [4.69, 9.17) is 0 Å². The molecule has 1 aliphatic rings. The zero-order chi connectivity index (χ0) is 13.9. The third-order valence-corrected chi connectivity index (χ3v) is 4.01. The molecule has 0 aliphatic heterocycles. The van der Waals surface area contributed by atoms with Crippen molar-refractivity contribution in [3.8, 4) is 0 Å². The first-order valence-electron chi connectivity index (χ1n) is 7.35. The van der Waals surface area contributed by atoms with Crippen molar-refractivity contribution in [3.63, 3.8) is 0 Å². The molecule has 0 radical (unpaired) electrons. The number of fused-ring (bicyclic) bond motifs is 1. The Morgan fingerprint density at radius 3 is 2.80 bits per heavy atom. The van der Waals surface area contributed by atoms with Crippen LogP contribution >= 0.6 is 0 Å². The molecule has 106 valence electrons. The standard InChI is InChI=1S/C15H20N4O/c1-11-14(19-9-8-16-10-13(19)17-11)15(20)18-12-6-4-2-3-5-7-12/h8-10,12H,2-7H2,1H3,(H,18,20). The van der Waals surface area contributed by atoms with E-state index in [-0.39, 0.29) is 5.91 Å². The van der Waals surface area contributed by atoms with Crippen LogP contribution in [0.15, 0.2) is 18.6 Å². The Kier molecular flexibility index (Phi) is 3.67. The monoisotopic (exact) mass is 272 g/mol. The minimum absolute atomic E-state index is 0.0203. The maximum atomic E-state index is 12.5. The van der Waals surface area contributed by atoms with Crippen LogP contribution in [0.4, 0.5) is 0 Å².